The van der Waals surface area contributed by atoms with Crippen molar-refractivity contribution in [3.63, 3.8) is 0 Å². The van der Waals surface area contributed by atoms with Gasteiger partial charge in [-0.2, -0.15) is 5.10 Å². The molecule has 1 N–H and O–H groups in total. The fourth-order valence-corrected chi connectivity index (χ4v) is 3.74. The van der Waals surface area contributed by atoms with Crippen LogP contribution in [0.1, 0.15) is 5.56 Å². The standard InChI is InChI=1S/C20H17N5O2S/c26-28(27,19-6-4-18(5-7-19)25-12-2-10-23-25)24-14-16-8-11-22-20(13-16)17-3-1-9-21-15-17/h1-13,15,24H,14H2. The number of rotatable bonds is 6. The monoisotopic (exact) mass is 391 g/mol. The molecule has 0 unspecified atom stereocenters. The zero-order valence-corrected chi connectivity index (χ0v) is 15.6. The molecule has 7 nitrogen and oxygen atoms in total. The minimum Gasteiger partial charge on any atom is -0.264 e. The van der Waals surface area contributed by atoms with Gasteiger partial charge in [-0.3, -0.25) is 9.97 Å². The minimum atomic E-state index is -3.63. The summed E-state index contributed by atoms with van der Waals surface area (Å²) in [5, 5.41) is 4.13. The predicted octanol–water partition coefficient (Wildman–Crippen LogP) is 2.81. The Bertz CT molecular complexity index is 1160. The first kappa shape index (κ1) is 18.0. The van der Waals surface area contributed by atoms with Crippen LogP contribution in [0.4, 0.5) is 0 Å². The molecule has 0 amide bonds. The third-order valence-electron chi connectivity index (χ3n) is 4.16. The van der Waals surface area contributed by atoms with Gasteiger partial charge in [0.15, 0.2) is 0 Å². The third-order valence-corrected chi connectivity index (χ3v) is 5.58. The highest BCUT2D eigenvalue weighted by molar-refractivity contribution is 7.89. The molecule has 3 heterocycles. The Labute approximate surface area is 162 Å². The van der Waals surface area contributed by atoms with Gasteiger partial charge in [-0.05, 0) is 60.2 Å². The van der Waals surface area contributed by atoms with Crippen molar-refractivity contribution >= 4 is 10.0 Å². The fourth-order valence-electron chi connectivity index (χ4n) is 2.72. The van der Waals surface area contributed by atoms with Crippen molar-refractivity contribution in [2.75, 3.05) is 0 Å². The lowest BCUT2D eigenvalue weighted by Crippen LogP contribution is -2.23. The molecule has 0 spiro atoms. The molecule has 0 atom stereocenters. The van der Waals surface area contributed by atoms with Gasteiger partial charge in [0.25, 0.3) is 0 Å². The van der Waals surface area contributed by atoms with Crippen molar-refractivity contribution in [2.24, 2.45) is 0 Å². The Hall–Kier alpha value is -3.36. The average Bonchev–Trinajstić information content (AvgIpc) is 3.28. The lowest BCUT2D eigenvalue weighted by Gasteiger charge is -2.09. The Balaban J connectivity index is 1.48. The van der Waals surface area contributed by atoms with Crippen LogP contribution in [0.5, 0.6) is 0 Å². The molecular weight excluding hydrogens is 374 g/mol. The number of aromatic nitrogens is 4. The van der Waals surface area contributed by atoms with E-state index in [2.05, 4.69) is 19.8 Å². The van der Waals surface area contributed by atoms with E-state index in [0.717, 1.165) is 22.5 Å². The number of sulfonamides is 1. The molecule has 0 bridgehead atoms. The van der Waals surface area contributed by atoms with Gasteiger partial charge in [0, 0.05) is 43.1 Å². The third kappa shape index (κ3) is 3.98. The molecule has 0 aliphatic carbocycles. The number of nitrogens with one attached hydrogen (secondary N) is 1. The largest absolute Gasteiger partial charge is 0.264 e. The van der Waals surface area contributed by atoms with Crippen LogP contribution < -0.4 is 4.72 Å². The summed E-state index contributed by atoms with van der Waals surface area (Å²) < 4.78 is 29.5. The highest BCUT2D eigenvalue weighted by atomic mass is 32.2. The summed E-state index contributed by atoms with van der Waals surface area (Å²) in [5.41, 5.74) is 3.22. The molecule has 0 radical (unpaired) electrons. The molecule has 0 fully saturated rings. The van der Waals surface area contributed by atoms with Crippen molar-refractivity contribution in [3.8, 4) is 16.9 Å². The second-order valence-electron chi connectivity index (χ2n) is 6.06. The van der Waals surface area contributed by atoms with Crippen molar-refractivity contribution in [3.05, 3.63) is 91.1 Å². The first-order valence-electron chi connectivity index (χ1n) is 8.57. The summed E-state index contributed by atoms with van der Waals surface area (Å²) in [6.07, 6.45) is 8.53. The minimum absolute atomic E-state index is 0.166. The van der Waals surface area contributed by atoms with Crippen LogP contribution in [-0.4, -0.2) is 28.2 Å². The highest BCUT2D eigenvalue weighted by Gasteiger charge is 2.14. The summed E-state index contributed by atoms with van der Waals surface area (Å²) in [4.78, 5) is 8.60. The first-order chi connectivity index (χ1) is 13.6. The maximum Gasteiger partial charge on any atom is 0.240 e. The molecule has 3 aromatic heterocycles. The number of hydrogen-bond donors (Lipinski definition) is 1. The zero-order valence-electron chi connectivity index (χ0n) is 14.8. The second kappa shape index (κ2) is 7.71. The molecule has 1 aromatic carbocycles. The molecular formula is C20H17N5O2S. The Morgan fingerprint density at radius 2 is 1.82 bits per heavy atom. The summed E-state index contributed by atoms with van der Waals surface area (Å²) in [6.45, 7) is 0.166. The SMILES string of the molecule is O=S(=O)(NCc1ccnc(-c2cccnc2)c1)c1ccc(-n2cccn2)cc1. The van der Waals surface area contributed by atoms with Crippen molar-refractivity contribution < 1.29 is 8.42 Å². The van der Waals surface area contributed by atoms with E-state index in [9.17, 15) is 8.42 Å². The van der Waals surface area contributed by atoms with Crippen LogP contribution in [0.3, 0.4) is 0 Å². The normalized spacial score (nSPS) is 11.4. The lowest BCUT2D eigenvalue weighted by molar-refractivity contribution is 0.581. The van der Waals surface area contributed by atoms with E-state index in [1.165, 1.54) is 0 Å². The smallest absolute Gasteiger partial charge is 0.240 e. The summed E-state index contributed by atoms with van der Waals surface area (Å²) in [5.74, 6) is 0. The van der Waals surface area contributed by atoms with Crippen molar-refractivity contribution in [2.45, 2.75) is 11.4 Å². The van der Waals surface area contributed by atoms with Crippen LogP contribution in [0.25, 0.3) is 16.9 Å². The summed E-state index contributed by atoms with van der Waals surface area (Å²) >= 11 is 0. The molecule has 28 heavy (non-hydrogen) atoms. The van der Waals surface area contributed by atoms with E-state index in [1.807, 2.05) is 18.2 Å². The number of hydrogen-bond acceptors (Lipinski definition) is 5. The second-order valence-corrected chi connectivity index (χ2v) is 7.83. The average molecular weight is 391 g/mol. The molecule has 0 aliphatic rings. The summed E-state index contributed by atoms with van der Waals surface area (Å²) in [7, 11) is -3.63. The molecule has 0 saturated heterocycles. The highest BCUT2D eigenvalue weighted by Crippen LogP contribution is 2.17. The van der Waals surface area contributed by atoms with Gasteiger partial charge < -0.3 is 0 Å². The van der Waals surface area contributed by atoms with Crippen molar-refractivity contribution in [1.82, 2.24) is 24.5 Å². The van der Waals surface area contributed by atoms with Crippen molar-refractivity contribution in [1.29, 1.82) is 0 Å². The van der Waals surface area contributed by atoms with Crippen LogP contribution in [0, 0.1) is 0 Å². The summed E-state index contributed by atoms with van der Waals surface area (Å²) in [6, 6.07) is 15.7. The maximum absolute atomic E-state index is 12.6. The number of pyridine rings is 2. The maximum atomic E-state index is 12.6. The van der Waals surface area contributed by atoms with Crippen LogP contribution in [0.2, 0.25) is 0 Å². The molecule has 140 valence electrons. The molecule has 4 aromatic rings. The Kier molecular flexibility index (Phi) is 4.96. The van der Waals surface area contributed by atoms with E-state index >= 15 is 0 Å². The van der Waals surface area contributed by atoms with E-state index in [4.69, 9.17) is 0 Å². The predicted molar refractivity (Wildman–Crippen MR) is 105 cm³/mol. The van der Waals surface area contributed by atoms with E-state index in [0.29, 0.717) is 0 Å². The molecule has 0 aliphatic heterocycles. The molecule has 4 rings (SSSR count). The van der Waals surface area contributed by atoms with E-state index in [1.54, 1.807) is 72.1 Å². The van der Waals surface area contributed by atoms with Crippen LogP contribution >= 0.6 is 0 Å². The van der Waals surface area contributed by atoms with Gasteiger partial charge in [0.05, 0.1) is 16.3 Å². The zero-order chi connectivity index (χ0) is 19.4. The number of benzene rings is 1. The van der Waals surface area contributed by atoms with Gasteiger partial charge in [0.1, 0.15) is 0 Å². The topological polar surface area (TPSA) is 89.8 Å². The van der Waals surface area contributed by atoms with Gasteiger partial charge >= 0.3 is 0 Å². The van der Waals surface area contributed by atoms with Crippen LogP contribution in [0.15, 0.2) is 90.5 Å². The molecule has 8 heteroatoms. The van der Waals surface area contributed by atoms with Gasteiger partial charge in [-0.25, -0.2) is 17.8 Å². The van der Waals surface area contributed by atoms with Gasteiger partial charge in [-0.1, -0.05) is 0 Å². The van der Waals surface area contributed by atoms with E-state index in [-0.39, 0.29) is 11.4 Å². The number of nitrogens with zero attached hydrogens (tertiary/aromatic N) is 4. The van der Waals surface area contributed by atoms with Crippen LogP contribution in [-0.2, 0) is 16.6 Å². The van der Waals surface area contributed by atoms with Gasteiger partial charge in [0.2, 0.25) is 10.0 Å². The Morgan fingerprint density at radius 3 is 2.54 bits per heavy atom. The fraction of sp³-hybridized carbons (Fsp3) is 0.0500. The lowest BCUT2D eigenvalue weighted by atomic mass is 10.1. The quantitative estimate of drug-likeness (QED) is 0.546. The van der Waals surface area contributed by atoms with Gasteiger partial charge in [-0.15, -0.1) is 0 Å². The molecule has 0 saturated carbocycles. The van der Waals surface area contributed by atoms with E-state index < -0.39 is 10.0 Å². The first-order valence-corrected chi connectivity index (χ1v) is 10.1. The Morgan fingerprint density at radius 1 is 0.964 bits per heavy atom.